The average Bonchev–Trinajstić information content (AvgIpc) is 2.14. The Balaban J connectivity index is 4.64. The highest BCUT2D eigenvalue weighted by Crippen LogP contribution is 2.28. The van der Waals surface area contributed by atoms with E-state index >= 15 is 0 Å². The molecule has 94 valence electrons. The van der Waals surface area contributed by atoms with E-state index in [1.54, 1.807) is 11.1 Å². The zero-order valence-corrected chi connectivity index (χ0v) is 12.4. The third kappa shape index (κ3) is 5.53. The summed E-state index contributed by atoms with van der Waals surface area (Å²) in [4.78, 5) is 0. The SMILES string of the molecule is C=C(C)C(C/C(C)=C(\C)C(C)C)CC(C)C. The molecule has 0 spiro atoms. The van der Waals surface area contributed by atoms with Crippen molar-refractivity contribution in [1.29, 1.82) is 0 Å². The van der Waals surface area contributed by atoms with Crippen LogP contribution in [0, 0.1) is 17.8 Å². The second-order valence-electron chi connectivity index (χ2n) is 5.99. The molecule has 0 saturated heterocycles. The summed E-state index contributed by atoms with van der Waals surface area (Å²) in [5.74, 6) is 2.09. The highest BCUT2D eigenvalue weighted by molar-refractivity contribution is 5.15. The van der Waals surface area contributed by atoms with E-state index in [0.29, 0.717) is 11.8 Å². The van der Waals surface area contributed by atoms with Gasteiger partial charge in [0.1, 0.15) is 0 Å². The van der Waals surface area contributed by atoms with Gasteiger partial charge in [-0.15, -0.1) is 0 Å². The average molecular weight is 222 g/mol. The van der Waals surface area contributed by atoms with E-state index in [-0.39, 0.29) is 0 Å². The van der Waals surface area contributed by atoms with Gasteiger partial charge >= 0.3 is 0 Å². The Morgan fingerprint density at radius 2 is 1.50 bits per heavy atom. The summed E-state index contributed by atoms with van der Waals surface area (Å²) in [5, 5.41) is 0. The summed E-state index contributed by atoms with van der Waals surface area (Å²) >= 11 is 0. The first kappa shape index (κ1) is 15.5. The standard InChI is InChI=1S/C16H30/c1-11(2)9-16(13(5)6)10-14(7)15(8)12(3)4/h11-12,16H,5,9-10H2,1-4,6-8H3/b15-14+. The molecule has 0 aliphatic rings. The van der Waals surface area contributed by atoms with Crippen LogP contribution in [0.4, 0.5) is 0 Å². The van der Waals surface area contributed by atoms with Gasteiger partial charge in [-0.2, -0.15) is 0 Å². The summed E-state index contributed by atoms with van der Waals surface area (Å²) in [7, 11) is 0. The van der Waals surface area contributed by atoms with Crippen molar-refractivity contribution in [2.24, 2.45) is 17.8 Å². The van der Waals surface area contributed by atoms with E-state index < -0.39 is 0 Å². The zero-order chi connectivity index (χ0) is 12.9. The molecule has 0 radical (unpaired) electrons. The second kappa shape index (κ2) is 6.93. The minimum Gasteiger partial charge on any atom is -0.0998 e. The smallest absolute Gasteiger partial charge is 0.0169 e. The lowest BCUT2D eigenvalue weighted by Gasteiger charge is -2.21. The van der Waals surface area contributed by atoms with Crippen molar-refractivity contribution in [3.05, 3.63) is 23.3 Å². The Labute approximate surface area is 103 Å². The molecule has 0 aliphatic heterocycles. The Kier molecular flexibility index (Phi) is 6.71. The molecule has 0 nitrogen and oxygen atoms in total. The molecule has 0 aliphatic carbocycles. The van der Waals surface area contributed by atoms with Gasteiger partial charge in [0.25, 0.3) is 0 Å². The van der Waals surface area contributed by atoms with Crippen molar-refractivity contribution in [1.82, 2.24) is 0 Å². The van der Waals surface area contributed by atoms with Crippen molar-refractivity contribution in [3.63, 3.8) is 0 Å². The van der Waals surface area contributed by atoms with Crippen LogP contribution in [0.2, 0.25) is 0 Å². The molecule has 0 rings (SSSR count). The first-order valence-electron chi connectivity index (χ1n) is 6.57. The molecule has 0 N–H and O–H groups in total. The third-order valence-corrected chi connectivity index (χ3v) is 3.54. The monoisotopic (exact) mass is 222 g/mol. The molecule has 0 saturated carbocycles. The number of rotatable bonds is 6. The largest absolute Gasteiger partial charge is 0.0998 e. The van der Waals surface area contributed by atoms with Crippen molar-refractivity contribution in [2.45, 2.75) is 61.3 Å². The maximum atomic E-state index is 4.14. The summed E-state index contributed by atoms with van der Waals surface area (Å²) in [6, 6.07) is 0. The highest BCUT2D eigenvalue weighted by Gasteiger charge is 2.14. The molecule has 0 heteroatoms. The molecule has 0 amide bonds. The fraction of sp³-hybridized carbons (Fsp3) is 0.750. The van der Waals surface area contributed by atoms with E-state index in [0.717, 1.165) is 5.92 Å². The van der Waals surface area contributed by atoms with Crippen LogP contribution < -0.4 is 0 Å². The second-order valence-corrected chi connectivity index (χ2v) is 5.99. The lowest BCUT2D eigenvalue weighted by Crippen LogP contribution is -2.08. The van der Waals surface area contributed by atoms with Crippen molar-refractivity contribution >= 4 is 0 Å². The van der Waals surface area contributed by atoms with E-state index in [9.17, 15) is 0 Å². The first-order valence-corrected chi connectivity index (χ1v) is 6.57. The molecule has 1 atom stereocenters. The van der Waals surface area contributed by atoms with Crippen LogP contribution in [0.25, 0.3) is 0 Å². The van der Waals surface area contributed by atoms with Gasteiger partial charge in [-0.3, -0.25) is 0 Å². The molecule has 0 fully saturated rings. The van der Waals surface area contributed by atoms with E-state index in [4.69, 9.17) is 0 Å². The summed E-state index contributed by atoms with van der Waals surface area (Å²) in [6.07, 6.45) is 2.45. The van der Waals surface area contributed by atoms with Gasteiger partial charge in [0.2, 0.25) is 0 Å². The predicted molar refractivity (Wildman–Crippen MR) is 75.6 cm³/mol. The molecular formula is C16H30. The molecule has 0 aromatic rings. The summed E-state index contributed by atoms with van der Waals surface area (Å²) in [6.45, 7) is 20.0. The van der Waals surface area contributed by atoms with Crippen molar-refractivity contribution in [3.8, 4) is 0 Å². The predicted octanol–water partition coefficient (Wildman–Crippen LogP) is 5.61. The van der Waals surface area contributed by atoms with Crippen molar-refractivity contribution in [2.75, 3.05) is 0 Å². The van der Waals surface area contributed by atoms with Crippen LogP contribution >= 0.6 is 0 Å². The fourth-order valence-electron chi connectivity index (χ4n) is 2.05. The third-order valence-electron chi connectivity index (χ3n) is 3.54. The topological polar surface area (TPSA) is 0 Å². The number of allylic oxidation sites excluding steroid dienone is 3. The zero-order valence-electron chi connectivity index (χ0n) is 12.4. The molecule has 0 heterocycles. The maximum Gasteiger partial charge on any atom is -0.0169 e. The lowest BCUT2D eigenvalue weighted by atomic mass is 9.84. The van der Waals surface area contributed by atoms with Crippen LogP contribution in [-0.2, 0) is 0 Å². The normalized spacial score (nSPS) is 15.3. The van der Waals surface area contributed by atoms with Crippen LogP contribution in [0.5, 0.6) is 0 Å². The van der Waals surface area contributed by atoms with E-state index in [1.165, 1.54) is 18.4 Å². The van der Waals surface area contributed by atoms with E-state index in [1.807, 2.05) is 0 Å². The molecule has 0 aromatic heterocycles. The number of hydrogen-bond donors (Lipinski definition) is 0. The Bertz CT molecular complexity index is 253. The van der Waals surface area contributed by atoms with Gasteiger partial charge in [0.05, 0.1) is 0 Å². The quantitative estimate of drug-likeness (QED) is 0.513. The lowest BCUT2D eigenvalue weighted by molar-refractivity contribution is 0.453. The Morgan fingerprint density at radius 1 is 1.00 bits per heavy atom. The van der Waals surface area contributed by atoms with E-state index in [2.05, 4.69) is 55.0 Å². The van der Waals surface area contributed by atoms with Gasteiger partial charge in [-0.05, 0) is 51.4 Å². The van der Waals surface area contributed by atoms with Crippen LogP contribution in [-0.4, -0.2) is 0 Å². The molecule has 1 unspecified atom stereocenters. The first-order chi connectivity index (χ1) is 7.25. The van der Waals surface area contributed by atoms with Gasteiger partial charge < -0.3 is 0 Å². The highest BCUT2D eigenvalue weighted by atomic mass is 14.2. The fourth-order valence-corrected chi connectivity index (χ4v) is 2.05. The summed E-state index contributed by atoms with van der Waals surface area (Å²) < 4.78 is 0. The molecule has 16 heavy (non-hydrogen) atoms. The molecular weight excluding hydrogens is 192 g/mol. The van der Waals surface area contributed by atoms with Crippen molar-refractivity contribution < 1.29 is 0 Å². The van der Waals surface area contributed by atoms with Crippen LogP contribution in [0.3, 0.4) is 0 Å². The van der Waals surface area contributed by atoms with Gasteiger partial charge in [0.15, 0.2) is 0 Å². The van der Waals surface area contributed by atoms with Gasteiger partial charge in [-0.25, -0.2) is 0 Å². The minimum atomic E-state index is 0.661. The molecule has 0 bridgehead atoms. The van der Waals surface area contributed by atoms with Crippen LogP contribution in [0.1, 0.15) is 61.3 Å². The molecule has 0 aromatic carbocycles. The van der Waals surface area contributed by atoms with Gasteiger partial charge in [0, 0.05) is 0 Å². The summed E-state index contributed by atoms with van der Waals surface area (Å²) in [5.41, 5.74) is 4.45. The Morgan fingerprint density at radius 3 is 1.81 bits per heavy atom. The minimum absolute atomic E-state index is 0.661. The van der Waals surface area contributed by atoms with Gasteiger partial charge in [-0.1, -0.05) is 51.0 Å². The Hall–Kier alpha value is -0.520. The maximum absolute atomic E-state index is 4.14. The number of hydrogen-bond acceptors (Lipinski definition) is 0. The van der Waals surface area contributed by atoms with Crippen LogP contribution in [0.15, 0.2) is 23.3 Å².